The lowest BCUT2D eigenvalue weighted by Crippen LogP contribution is -2.45. The van der Waals surface area contributed by atoms with E-state index in [2.05, 4.69) is 6.58 Å². The van der Waals surface area contributed by atoms with Crippen LogP contribution in [-0.4, -0.2) is 11.1 Å². The number of hydrogen-bond acceptors (Lipinski definition) is 1. The van der Waals surface area contributed by atoms with E-state index in [1.165, 1.54) is 0 Å². The van der Waals surface area contributed by atoms with Crippen molar-refractivity contribution in [3.8, 4) is 0 Å². The minimum Gasteiger partial charge on any atom is -0.480 e. The Bertz CT molecular complexity index is 649. The van der Waals surface area contributed by atoms with Crippen LogP contribution in [0.1, 0.15) is 36.8 Å². The van der Waals surface area contributed by atoms with Gasteiger partial charge < -0.3 is 5.11 Å². The maximum Gasteiger partial charge on any atom is 0.319 e. The highest BCUT2D eigenvalue weighted by molar-refractivity contribution is 5.87. The summed E-state index contributed by atoms with van der Waals surface area (Å²) in [6.07, 6.45) is 3.95. The average molecular weight is 306 g/mol. The van der Waals surface area contributed by atoms with Crippen molar-refractivity contribution in [3.05, 3.63) is 83.9 Å². The molecule has 0 spiro atoms. The van der Waals surface area contributed by atoms with Gasteiger partial charge in [0.15, 0.2) is 0 Å². The molecule has 0 amide bonds. The van der Waals surface area contributed by atoms with Crippen LogP contribution in [0.5, 0.6) is 0 Å². The quantitative estimate of drug-likeness (QED) is 0.824. The molecule has 1 atom stereocenters. The smallest absolute Gasteiger partial charge is 0.319 e. The maximum atomic E-state index is 12.6. The molecule has 0 saturated heterocycles. The Hall–Kier alpha value is -2.35. The van der Waals surface area contributed by atoms with Crippen molar-refractivity contribution in [3.63, 3.8) is 0 Å². The summed E-state index contributed by atoms with van der Waals surface area (Å²) in [5.41, 5.74) is 1.69. The van der Waals surface area contributed by atoms with Crippen LogP contribution in [-0.2, 0) is 10.2 Å². The molecule has 1 aliphatic rings. The number of allylic oxidation sites excluding steroid dienone is 1. The molecule has 1 fully saturated rings. The van der Waals surface area contributed by atoms with Gasteiger partial charge in [0.1, 0.15) is 5.41 Å². The van der Waals surface area contributed by atoms with Crippen LogP contribution in [0.25, 0.3) is 0 Å². The van der Waals surface area contributed by atoms with Crippen molar-refractivity contribution in [2.45, 2.75) is 31.1 Å². The van der Waals surface area contributed by atoms with Gasteiger partial charge in [-0.05, 0) is 30.4 Å². The van der Waals surface area contributed by atoms with Crippen molar-refractivity contribution in [1.29, 1.82) is 0 Å². The Labute approximate surface area is 137 Å². The van der Waals surface area contributed by atoms with Crippen molar-refractivity contribution in [2.24, 2.45) is 5.92 Å². The van der Waals surface area contributed by atoms with Crippen LogP contribution in [0.15, 0.2) is 72.8 Å². The van der Waals surface area contributed by atoms with Crippen molar-refractivity contribution < 1.29 is 9.90 Å². The van der Waals surface area contributed by atoms with Crippen molar-refractivity contribution >= 4 is 5.97 Å². The fourth-order valence-corrected chi connectivity index (χ4v) is 3.97. The molecule has 1 saturated carbocycles. The number of benzene rings is 2. The minimum absolute atomic E-state index is 0.0708. The second-order valence-electron chi connectivity index (χ2n) is 6.30. The molecule has 2 aromatic carbocycles. The molecule has 2 nitrogen and oxygen atoms in total. The zero-order valence-corrected chi connectivity index (χ0v) is 13.2. The van der Waals surface area contributed by atoms with Crippen molar-refractivity contribution in [1.82, 2.24) is 0 Å². The third-order valence-electron chi connectivity index (χ3n) is 5.05. The third kappa shape index (κ3) is 2.59. The summed E-state index contributed by atoms with van der Waals surface area (Å²) in [7, 11) is 0. The van der Waals surface area contributed by atoms with Crippen LogP contribution in [0.4, 0.5) is 0 Å². The molecule has 2 aromatic rings. The predicted octanol–water partition coefficient (Wildman–Crippen LogP) is 4.80. The van der Waals surface area contributed by atoms with Gasteiger partial charge in [-0.1, -0.05) is 79.2 Å². The second-order valence-corrected chi connectivity index (χ2v) is 6.30. The Kier molecular flexibility index (Phi) is 4.33. The standard InChI is InChI=1S/C21H22O2/c1-16-10-8-9-15-19(16)21(20(22)23,17-11-4-2-5-12-17)18-13-6-3-7-14-18/h2-7,11-14,19H,1,8-10,15H2,(H,22,23)/t19-/m1/s1. The second kappa shape index (κ2) is 6.41. The van der Waals surface area contributed by atoms with E-state index in [1.807, 2.05) is 60.7 Å². The van der Waals surface area contributed by atoms with Crippen molar-refractivity contribution in [2.75, 3.05) is 0 Å². The molecule has 1 aliphatic carbocycles. The lowest BCUT2D eigenvalue weighted by atomic mass is 9.60. The zero-order valence-electron chi connectivity index (χ0n) is 13.2. The van der Waals surface area contributed by atoms with E-state index in [4.69, 9.17) is 0 Å². The van der Waals surface area contributed by atoms with E-state index in [1.54, 1.807) is 0 Å². The highest BCUT2D eigenvalue weighted by Crippen LogP contribution is 2.47. The lowest BCUT2D eigenvalue weighted by Gasteiger charge is -2.41. The fourth-order valence-electron chi connectivity index (χ4n) is 3.97. The minimum atomic E-state index is -1.06. The molecule has 23 heavy (non-hydrogen) atoms. The van der Waals surface area contributed by atoms with E-state index in [-0.39, 0.29) is 5.92 Å². The number of rotatable bonds is 4. The van der Waals surface area contributed by atoms with Gasteiger partial charge in [-0.2, -0.15) is 0 Å². The van der Waals surface area contributed by atoms with Gasteiger partial charge in [0.05, 0.1) is 0 Å². The maximum absolute atomic E-state index is 12.6. The van der Waals surface area contributed by atoms with Crippen LogP contribution < -0.4 is 0 Å². The summed E-state index contributed by atoms with van der Waals surface area (Å²) >= 11 is 0. The van der Waals surface area contributed by atoms with Gasteiger partial charge in [0, 0.05) is 5.92 Å². The number of carbonyl (C=O) groups is 1. The van der Waals surface area contributed by atoms with Gasteiger partial charge >= 0.3 is 5.97 Å². The fraction of sp³-hybridized carbons (Fsp3) is 0.286. The van der Waals surface area contributed by atoms with E-state index >= 15 is 0 Å². The predicted molar refractivity (Wildman–Crippen MR) is 92.4 cm³/mol. The summed E-state index contributed by atoms with van der Waals surface area (Å²) in [4.78, 5) is 12.6. The highest BCUT2D eigenvalue weighted by atomic mass is 16.4. The normalized spacial score (nSPS) is 18.6. The van der Waals surface area contributed by atoms with Gasteiger partial charge in [-0.15, -0.1) is 0 Å². The van der Waals surface area contributed by atoms with Gasteiger partial charge in [-0.3, -0.25) is 4.79 Å². The summed E-state index contributed by atoms with van der Waals surface area (Å²) in [5, 5.41) is 10.4. The SMILES string of the molecule is C=C1CCCC[C@H]1C(C(=O)O)(c1ccccc1)c1ccccc1. The molecule has 118 valence electrons. The van der Waals surface area contributed by atoms with E-state index in [9.17, 15) is 9.90 Å². The number of carboxylic acids is 1. The molecule has 1 N–H and O–H groups in total. The van der Waals surface area contributed by atoms with Gasteiger partial charge in [0.2, 0.25) is 0 Å². The molecule has 2 heteroatoms. The molecule has 0 bridgehead atoms. The van der Waals surface area contributed by atoms with Gasteiger partial charge in [-0.25, -0.2) is 0 Å². The molecule has 0 heterocycles. The molecule has 0 unspecified atom stereocenters. The highest BCUT2D eigenvalue weighted by Gasteiger charge is 2.50. The molecule has 0 radical (unpaired) electrons. The molecular weight excluding hydrogens is 284 g/mol. The number of carboxylic acid groups (broad SMARTS) is 1. The topological polar surface area (TPSA) is 37.3 Å². The largest absolute Gasteiger partial charge is 0.480 e. The summed E-state index contributed by atoms with van der Waals surface area (Å²) < 4.78 is 0. The Morgan fingerprint density at radius 3 is 1.91 bits per heavy atom. The third-order valence-corrected chi connectivity index (χ3v) is 5.05. The first-order chi connectivity index (χ1) is 11.2. The number of hydrogen-bond donors (Lipinski definition) is 1. The molecule has 0 aliphatic heterocycles. The monoisotopic (exact) mass is 306 g/mol. The van der Waals surface area contributed by atoms with E-state index in [0.29, 0.717) is 0 Å². The van der Waals surface area contributed by atoms with Gasteiger partial charge in [0.25, 0.3) is 0 Å². The summed E-state index contributed by atoms with van der Waals surface area (Å²) in [6, 6.07) is 19.3. The van der Waals surface area contributed by atoms with E-state index in [0.717, 1.165) is 42.4 Å². The van der Waals surface area contributed by atoms with Crippen LogP contribution in [0.3, 0.4) is 0 Å². The Morgan fingerprint density at radius 1 is 0.957 bits per heavy atom. The van der Waals surface area contributed by atoms with E-state index < -0.39 is 11.4 Å². The van der Waals surface area contributed by atoms with Crippen LogP contribution >= 0.6 is 0 Å². The summed E-state index contributed by atoms with van der Waals surface area (Å²) in [6.45, 7) is 4.23. The van der Waals surface area contributed by atoms with Crippen LogP contribution in [0, 0.1) is 5.92 Å². The lowest BCUT2D eigenvalue weighted by molar-refractivity contribution is -0.144. The Balaban J connectivity index is 2.27. The Morgan fingerprint density at radius 2 is 1.48 bits per heavy atom. The van der Waals surface area contributed by atoms with Crippen LogP contribution in [0.2, 0.25) is 0 Å². The molecule has 3 rings (SSSR count). The average Bonchev–Trinajstić information content (AvgIpc) is 2.59. The first-order valence-electron chi connectivity index (χ1n) is 8.19. The first kappa shape index (κ1) is 15.5. The molecule has 0 aromatic heterocycles. The summed E-state index contributed by atoms with van der Waals surface area (Å²) in [5.74, 6) is -0.860. The number of aliphatic carboxylic acids is 1. The zero-order chi connectivity index (χ0) is 16.3. The molecular formula is C21H22O2. The first-order valence-corrected chi connectivity index (χ1v) is 8.19.